The molecular formula is C30H36ClN3O6S. The minimum Gasteiger partial charge on any atom is -0.497 e. The quantitative estimate of drug-likeness (QED) is 0.303. The highest BCUT2D eigenvalue weighted by Crippen LogP contribution is 2.33. The zero-order valence-corrected chi connectivity index (χ0v) is 25.4. The highest BCUT2D eigenvalue weighted by Gasteiger charge is 2.34. The number of methoxy groups -OCH3 is 2. The summed E-state index contributed by atoms with van der Waals surface area (Å²) in [7, 11) is -1.36. The molecule has 1 atom stereocenters. The molecular weight excluding hydrogens is 566 g/mol. The molecule has 9 nitrogen and oxygen atoms in total. The lowest BCUT2D eigenvalue weighted by Crippen LogP contribution is -2.51. The van der Waals surface area contributed by atoms with Crippen molar-refractivity contribution in [3.05, 3.63) is 83.4 Å². The van der Waals surface area contributed by atoms with Crippen molar-refractivity contribution in [2.75, 3.05) is 31.6 Å². The van der Waals surface area contributed by atoms with Crippen LogP contribution >= 0.6 is 11.6 Å². The van der Waals surface area contributed by atoms with Gasteiger partial charge in [0, 0.05) is 18.1 Å². The minimum absolute atomic E-state index is 0.00286. The molecule has 3 aromatic rings. The van der Waals surface area contributed by atoms with E-state index in [0.717, 1.165) is 4.31 Å². The molecule has 0 aliphatic rings. The number of halogens is 1. The standard InChI is InChI=1S/C30H36ClN3O6S/c1-21(2)18-32-30(36)22(3)33(19-23-10-6-7-11-26(23)31)29(35)20-34(27-12-8-9-13-28(27)40-5)41(37,38)25-16-14-24(39-4)15-17-25/h6-17,21-22H,18-20H2,1-5H3,(H,32,36)/t22-/m1/s1. The Labute approximate surface area is 247 Å². The van der Waals surface area contributed by atoms with Crippen molar-refractivity contribution in [1.82, 2.24) is 10.2 Å². The number of rotatable bonds is 13. The van der Waals surface area contributed by atoms with Crippen molar-refractivity contribution in [2.45, 2.75) is 38.3 Å². The number of para-hydroxylation sites is 2. The van der Waals surface area contributed by atoms with Crippen LogP contribution in [0.1, 0.15) is 26.3 Å². The second-order valence-electron chi connectivity index (χ2n) is 9.79. The maximum Gasteiger partial charge on any atom is 0.264 e. The van der Waals surface area contributed by atoms with Gasteiger partial charge >= 0.3 is 0 Å². The number of anilines is 1. The number of carbonyl (C=O) groups is 2. The summed E-state index contributed by atoms with van der Waals surface area (Å²) in [5.74, 6) is -0.00982. The molecule has 0 unspecified atom stereocenters. The monoisotopic (exact) mass is 601 g/mol. The van der Waals surface area contributed by atoms with Gasteiger partial charge in [-0.1, -0.05) is 55.8 Å². The molecule has 3 aromatic carbocycles. The molecule has 0 aromatic heterocycles. The van der Waals surface area contributed by atoms with E-state index in [-0.39, 0.29) is 34.7 Å². The average Bonchev–Trinajstić information content (AvgIpc) is 2.97. The molecule has 11 heteroatoms. The number of sulfonamides is 1. The lowest BCUT2D eigenvalue weighted by atomic mass is 10.1. The first-order valence-electron chi connectivity index (χ1n) is 13.1. The SMILES string of the molecule is COc1ccc(S(=O)(=O)N(CC(=O)N(Cc2ccccc2Cl)[C@H](C)C(=O)NCC(C)C)c2ccccc2OC)cc1. The van der Waals surface area contributed by atoms with Crippen molar-refractivity contribution in [3.8, 4) is 11.5 Å². The maximum absolute atomic E-state index is 14.0. The predicted octanol–water partition coefficient (Wildman–Crippen LogP) is 4.74. The summed E-state index contributed by atoms with van der Waals surface area (Å²) in [5.41, 5.74) is 0.793. The van der Waals surface area contributed by atoms with Gasteiger partial charge in [0.1, 0.15) is 24.1 Å². The Morgan fingerprint density at radius 1 is 0.902 bits per heavy atom. The van der Waals surface area contributed by atoms with Gasteiger partial charge in [-0.2, -0.15) is 0 Å². The molecule has 41 heavy (non-hydrogen) atoms. The van der Waals surface area contributed by atoms with Crippen LogP contribution in [0.2, 0.25) is 5.02 Å². The van der Waals surface area contributed by atoms with Crippen LogP contribution in [-0.2, 0) is 26.2 Å². The van der Waals surface area contributed by atoms with Crippen LogP contribution in [-0.4, -0.2) is 58.5 Å². The molecule has 220 valence electrons. The summed E-state index contributed by atoms with van der Waals surface area (Å²) in [6.07, 6.45) is 0. The Balaban J connectivity index is 2.06. The molecule has 0 saturated heterocycles. The summed E-state index contributed by atoms with van der Waals surface area (Å²) >= 11 is 6.41. The number of nitrogens with zero attached hydrogens (tertiary/aromatic N) is 2. The normalized spacial score (nSPS) is 12.0. The van der Waals surface area contributed by atoms with Crippen LogP contribution in [0.3, 0.4) is 0 Å². The van der Waals surface area contributed by atoms with Crippen LogP contribution in [0.25, 0.3) is 0 Å². The van der Waals surface area contributed by atoms with Crippen LogP contribution < -0.4 is 19.1 Å². The van der Waals surface area contributed by atoms with Gasteiger partial charge in [0.2, 0.25) is 11.8 Å². The first kappa shape index (κ1) is 31.8. The predicted molar refractivity (Wildman–Crippen MR) is 160 cm³/mol. The number of ether oxygens (including phenoxy) is 2. The summed E-state index contributed by atoms with van der Waals surface area (Å²) in [6, 6.07) is 18.5. The number of benzene rings is 3. The van der Waals surface area contributed by atoms with E-state index in [1.807, 2.05) is 13.8 Å². The molecule has 3 rings (SSSR count). The van der Waals surface area contributed by atoms with Crippen LogP contribution in [0.15, 0.2) is 77.7 Å². The third-order valence-electron chi connectivity index (χ3n) is 6.43. The molecule has 0 bridgehead atoms. The van der Waals surface area contributed by atoms with Crippen molar-refractivity contribution < 1.29 is 27.5 Å². The fourth-order valence-corrected chi connectivity index (χ4v) is 5.69. The van der Waals surface area contributed by atoms with E-state index in [1.165, 1.54) is 43.4 Å². The number of hydrogen-bond acceptors (Lipinski definition) is 6. The van der Waals surface area contributed by atoms with E-state index in [4.69, 9.17) is 21.1 Å². The third-order valence-corrected chi connectivity index (χ3v) is 8.57. The van der Waals surface area contributed by atoms with Gasteiger partial charge in [0.15, 0.2) is 0 Å². The van der Waals surface area contributed by atoms with Crippen molar-refractivity contribution in [1.29, 1.82) is 0 Å². The second kappa shape index (κ2) is 14.2. The first-order valence-corrected chi connectivity index (χ1v) is 14.9. The fourth-order valence-electron chi connectivity index (χ4n) is 4.07. The lowest BCUT2D eigenvalue weighted by Gasteiger charge is -2.32. The first-order chi connectivity index (χ1) is 19.5. The van der Waals surface area contributed by atoms with E-state index in [2.05, 4.69) is 5.32 Å². The molecule has 0 aliphatic carbocycles. The van der Waals surface area contributed by atoms with Crippen LogP contribution in [0, 0.1) is 5.92 Å². The zero-order chi connectivity index (χ0) is 30.2. The fraction of sp³-hybridized carbons (Fsp3) is 0.333. The van der Waals surface area contributed by atoms with Crippen LogP contribution in [0.5, 0.6) is 11.5 Å². The van der Waals surface area contributed by atoms with Crippen molar-refractivity contribution in [2.24, 2.45) is 5.92 Å². The molecule has 0 saturated carbocycles. The van der Waals surface area contributed by atoms with E-state index >= 15 is 0 Å². The van der Waals surface area contributed by atoms with E-state index in [1.54, 1.807) is 55.5 Å². The molecule has 0 fully saturated rings. The smallest absolute Gasteiger partial charge is 0.264 e. The molecule has 0 aliphatic heterocycles. The Hall–Kier alpha value is -3.76. The van der Waals surface area contributed by atoms with E-state index in [9.17, 15) is 18.0 Å². The highest BCUT2D eigenvalue weighted by molar-refractivity contribution is 7.92. The van der Waals surface area contributed by atoms with Crippen LogP contribution in [0.4, 0.5) is 5.69 Å². The van der Waals surface area contributed by atoms with Gasteiger partial charge in [-0.15, -0.1) is 0 Å². The summed E-state index contributed by atoms with van der Waals surface area (Å²) < 4.78 is 39.6. The van der Waals surface area contributed by atoms with Gasteiger partial charge in [0.25, 0.3) is 10.0 Å². The number of hydrogen-bond donors (Lipinski definition) is 1. The minimum atomic E-state index is -4.27. The Bertz CT molecular complexity index is 1450. The highest BCUT2D eigenvalue weighted by atomic mass is 35.5. The van der Waals surface area contributed by atoms with Crippen molar-refractivity contribution in [3.63, 3.8) is 0 Å². The zero-order valence-electron chi connectivity index (χ0n) is 23.8. The average molecular weight is 602 g/mol. The topological polar surface area (TPSA) is 105 Å². The number of carbonyl (C=O) groups excluding carboxylic acids is 2. The molecule has 0 spiro atoms. The Morgan fingerprint density at radius 3 is 2.15 bits per heavy atom. The second-order valence-corrected chi connectivity index (χ2v) is 12.1. The van der Waals surface area contributed by atoms with E-state index < -0.39 is 28.5 Å². The van der Waals surface area contributed by atoms with Crippen molar-refractivity contribution >= 4 is 39.1 Å². The molecule has 2 amide bonds. The summed E-state index contributed by atoms with van der Waals surface area (Å²) in [4.78, 5) is 28.4. The van der Waals surface area contributed by atoms with Gasteiger partial charge < -0.3 is 19.7 Å². The third kappa shape index (κ3) is 7.92. The lowest BCUT2D eigenvalue weighted by molar-refractivity contribution is -0.139. The Morgan fingerprint density at radius 2 is 1.54 bits per heavy atom. The van der Waals surface area contributed by atoms with Gasteiger partial charge in [0.05, 0.1) is 24.8 Å². The molecule has 0 radical (unpaired) electrons. The van der Waals surface area contributed by atoms with Gasteiger partial charge in [-0.05, 0) is 60.9 Å². The largest absolute Gasteiger partial charge is 0.497 e. The maximum atomic E-state index is 14.0. The summed E-state index contributed by atoms with van der Waals surface area (Å²) in [5, 5.41) is 3.28. The number of nitrogens with one attached hydrogen (secondary N) is 1. The molecule has 0 heterocycles. The Kier molecular flexibility index (Phi) is 11.0. The number of amides is 2. The molecule has 1 N–H and O–H groups in total. The van der Waals surface area contributed by atoms with Gasteiger partial charge in [-0.3, -0.25) is 13.9 Å². The summed E-state index contributed by atoms with van der Waals surface area (Å²) in [6.45, 7) is 5.37. The van der Waals surface area contributed by atoms with Gasteiger partial charge in [-0.25, -0.2) is 8.42 Å². The van der Waals surface area contributed by atoms with E-state index in [0.29, 0.717) is 22.9 Å².